The summed E-state index contributed by atoms with van der Waals surface area (Å²) in [7, 11) is 0. The smallest absolute Gasteiger partial charge is 0.303 e. The molecule has 3 fully saturated rings. The van der Waals surface area contributed by atoms with Crippen LogP contribution in [0.25, 0.3) is 0 Å². The van der Waals surface area contributed by atoms with E-state index in [0.29, 0.717) is 5.54 Å². The second kappa shape index (κ2) is 16.4. The number of carboxylic acids is 1. The first-order chi connectivity index (χ1) is 18.6. The molecule has 0 amide bonds. The van der Waals surface area contributed by atoms with E-state index in [1.54, 1.807) is 5.56 Å². The van der Waals surface area contributed by atoms with Crippen LogP contribution in [-0.2, 0) is 15.9 Å². The second-order valence-electron chi connectivity index (χ2n) is 11.8. The van der Waals surface area contributed by atoms with Gasteiger partial charge in [0.15, 0.2) is 0 Å². The van der Waals surface area contributed by atoms with Gasteiger partial charge < -0.3 is 10.4 Å². The van der Waals surface area contributed by atoms with Crippen molar-refractivity contribution in [1.82, 2.24) is 10.2 Å². The summed E-state index contributed by atoms with van der Waals surface area (Å²) in [4.78, 5) is 13.3. The van der Waals surface area contributed by atoms with Gasteiger partial charge >= 0.3 is 5.97 Å². The van der Waals surface area contributed by atoms with Crippen molar-refractivity contribution in [3.05, 3.63) is 71.8 Å². The van der Waals surface area contributed by atoms with Gasteiger partial charge in [0.05, 0.1) is 0 Å². The number of nitrogens with zero attached hydrogens (tertiary/aromatic N) is 1. The van der Waals surface area contributed by atoms with Crippen LogP contribution in [-0.4, -0.2) is 35.6 Å². The van der Waals surface area contributed by atoms with Gasteiger partial charge in [0.25, 0.3) is 0 Å². The van der Waals surface area contributed by atoms with Crippen molar-refractivity contribution in [2.75, 3.05) is 19.6 Å². The first-order valence-electron chi connectivity index (χ1n) is 15.5. The van der Waals surface area contributed by atoms with Gasteiger partial charge in [-0.25, -0.2) is 0 Å². The van der Waals surface area contributed by atoms with E-state index in [4.69, 9.17) is 5.11 Å². The molecule has 0 unspecified atom stereocenters. The Morgan fingerprint density at radius 1 is 0.692 bits per heavy atom. The van der Waals surface area contributed by atoms with E-state index >= 15 is 0 Å². The quantitative estimate of drug-likeness (QED) is 0.305. The maximum Gasteiger partial charge on any atom is 0.303 e. The lowest BCUT2D eigenvalue weighted by Gasteiger charge is -2.48. The zero-order valence-electron chi connectivity index (χ0n) is 23.9. The SMILES string of the molecule is Cl.O=C(O)CCCCNC1(c2ccccc2)CCCCC1.c1ccc(C2(N3CCCCC3)CCCCC2)cc1. The van der Waals surface area contributed by atoms with Gasteiger partial charge in [0.1, 0.15) is 0 Å². The Labute approximate surface area is 243 Å². The van der Waals surface area contributed by atoms with Gasteiger partial charge in [-0.2, -0.15) is 0 Å². The third-order valence-corrected chi connectivity index (χ3v) is 9.27. The summed E-state index contributed by atoms with van der Waals surface area (Å²) in [5.74, 6) is -0.694. The first kappa shape index (κ1) is 31.6. The normalized spacial score (nSPS) is 20.6. The fourth-order valence-electron chi connectivity index (χ4n) is 7.20. The van der Waals surface area contributed by atoms with Crippen molar-refractivity contribution in [3.63, 3.8) is 0 Å². The topological polar surface area (TPSA) is 52.6 Å². The number of unbranched alkanes of at least 4 members (excludes halogenated alkanes) is 1. The minimum atomic E-state index is -0.694. The van der Waals surface area contributed by atoms with E-state index in [1.165, 1.54) is 102 Å². The molecule has 0 atom stereocenters. The number of carbonyl (C=O) groups is 1. The van der Waals surface area contributed by atoms with Gasteiger partial charge in [0, 0.05) is 17.5 Å². The predicted molar refractivity (Wildman–Crippen MR) is 165 cm³/mol. The highest BCUT2D eigenvalue weighted by atomic mass is 35.5. The molecule has 1 aliphatic heterocycles. The third-order valence-electron chi connectivity index (χ3n) is 9.27. The molecule has 5 rings (SSSR count). The lowest BCUT2D eigenvalue weighted by atomic mass is 9.74. The van der Waals surface area contributed by atoms with Gasteiger partial charge in [-0.05, 0) is 82.1 Å². The highest BCUT2D eigenvalue weighted by Gasteiger charge is 2.39. The maximum atomic E-state index is 10.5. The summed E-state index contributed by atoms with van der Waals surface area (Å²) in [5.41, 5.74) is 3.45. The molecular weight excluding hydrogens is 504 g/mol. The van der Waals surface area contributed by atoms with Crippen LogP contribution in [0.5, 0.6) is 0 Å². The molecule has 2 aromatic rings. The molecule has 2 aliphatic carbocycles. The van der Waals surface area contributed by atoms with E-state index < -0.39 is 5.97 Å². The van der Waals surface area contributed by atoms with Crippen LogP contribution >= 0.6 is 12.4 Å². The summed E-state index contributed by atoms with van der Waals surface area (Å²) in [6.45, 7) is 3.53. The Morgan fingerprint density at radius 3 is 1.77 bits per heavy atom. The number of rotatable bonds is 9. The van der Waals surface area contributed by atoms with Crippen LogP contribution in [0.2, 0.25) is 0 Å². The van der Waals surface area contributed by atoms with Crippen molar-refractivity contribution in [2.45, 2.75) is 114 Å². The largest absolute Gasteiger partial charge is 0.481 e. The van der Waals surface area contributed by atoms with E-state index in [9.17, 15) is 4.79 Å². The van der Waals surface area contributed by atoms with Gasteiger partial charge in [0.2, 0.25) is 0 Å². The lowest BCUT2D eigenvalue weighted by molar-refractivity contribution is -0.137. The molecule has 2 N–H and O–H groups in total. The van der Waals surface area contributed by atoms with Crippen molar-refractivity contribution in [3.8, 4) is 0 Å². The van der Waals surface area contributed by atoms with Crippen molar-refractivity contribution in [2.24, 2.45) is 0 Å². The van der Waals surface area contributed by atoms with Crippen molar-refractivity contribution >= 4 is 18.4 Å². The van der Waals surface area contributed by atoms with Crippen LogP contribution < -0.4 is 5.32 Å². The molecule has 5 heteroatoms. The molecule has 39 heavy (non-hydrogen) atoms. The van der Waals surface area contributed by atoms with Crippen LogP contribution in [0.1, 0.15) is 114 Å². The van der Waals surface area contributed by atoms with Crippen LogP contribution in [0.3, 0.4) is 0 Å². The Kier molecular flexibility index (Phi) is 13.3. The molecule has 4 nitrogen and oxygen atoms in total. The zero-order chi connectivity index (χ0) is 26.5. The highest BCUT2D eigenvalue weighted by Crippen LogP contribution is 2.43. The number of hydrogen-bond acceptors (Lipinski definition) is 3. The Bertz CT molecular complexity index is 934. The number of likely N-dealkylation sites (tertiary alicyclic amines) is 1. The molecule has 216 valence electrons. The molecular formula is C34H51ClN2O2. The van der Waals surface area contributed by atoms with E-state index in [1.807, 2.05) is 0 Å². The number of halogens is 1. The second-order valence-corrected chi connectivity index (χ2v) is 11.8. The fraction of sp³-hybridized carbons (Fsp3) is 0.618. The molecule has 2 saturated carbocycles. The number of nitrogens with one attached hydrogen (secondary N) is 1. The van der Waals surface area contributed by atoms with Crippen LogP contribution in [0, 0.1) is 0 Å². The van der Waals surface area contributed by atoms with Gasteiger partial charge in [-0.3, -0.25) is 9.69 Å². The minimum absolute atomic E-state index is 0. The third kappa shape index (κ3) is 8.80. The molecule has 3 aliphatic rings. The Balaban J connectivity index is 0.000000211. The number of benzene rings is 2. The Hall–Kier alpha value is -1.88. The first-order valence-corrected chi connectivity index (χ1v) is 15.5. The number of piperidine rings is 1. The summed E-state index contributed by atoms with van der Waals surface area (Å²) < 4.78 is 0. The van der Waals surface area contributed by atoms with E-state index in [-0.39, 0.29) is 24.4 Å². The molecule has 1 heterocycles. The monoisotopic (exact) mass is 554 g/mol. The molecule has 0 aromatic heterocycles. The average Bonchev–Trinajstić information content (AvgIpc) is 2.99. The highest BCUT2D eigenvalue weighted by molar-refractivity contribution is 5.85. The van der Waals surface area contributed by atoms with Crippen LogP contribution in [0.4, 0.5) is 0 Å². The molecule has 0 bridgehead atoms. The maximum absolute atomic E-state index is 10.5. The molecule has 2 aromatic carbocycles. The Morgan fingerprint density at radius 2 is 1.21 bits per heavy atom. The standard InChI is InChI=1S/C17H25NO2.C17H25N.ClH/c19-16(20)11-5-8-14-18-17(12-6-2-7-13-17)15-9-3-1-4-10-15;1-4-10-16(11-5-1)17(12-6-2-7-13-17)18-14-8-3-9-15-18;/h1,3-4,9-10,18H,2,5-8,11-14H2,(H,19,20);1,4-5,10-11H,2-3,6-9,12-15H2;1H. The number of aliphatic carboxylic acids is 1. The van der Waals surface area contributed by atoms with Gasteiger partial charge in [-0.1, -0.05) is 106 Å². The van der Waals surface area contributed by atoms with Gasteiger partial charge in [-0.15, -0.1) is 12.4 Å². The summed E-state index contributed by atoms with van der Waals surface area (Å²) in [6.07, 6.45) is 19.4. The molecule has 0 radical (unpaired) electrons. The predicted octanol–water partition coefficient (Wildman–Crippen LogP) is 8.44. The van der Waals surface area contributed by atoms with E-state index in [2.05, 4.69) is 70.9 Å². The van der Waals surface area contributed by atoms with Crippen LogP contribution in [0.15, 0.2) is 60.7 Å². The van der Waals surface area contributed by atoms with E-state index in [0.717, 1.165) is 19.4 Å². The summed E-state index contributed by atoms with van der Waals surface area (Å²) in [6, 6.07) is 22.0. The average molecular weight is 555 g/mol. The lowest BCUT2D eigenvalue weighted by Crippen LogP contribution is -2.49. The molecule has 1 saturated heterocycles. The summed E-state index contributed by atoms with van der Waals surface area (Å²) in [5, 5.41) is 12.4. The number of carboxylic acid groups (broad SMARTS) is 1. The van der Waals surface area contributed by atoms with Crippen molar-refractivity contribution < 1.29 is 9.90 Å². The minimum Gasteiger partial charge on any atom is -0.481 e. The molecule has 0 spiro atoms. The fourth-order valence-corrected chi connectivity index (χ4v) is 7.20. The number of hydrogen-bond donors (Lipinski definition) is 2. The van der Waals surface area contributed by atoms with Crippen molar-refractivity contribution in [1.29, 1.82) is 0 Å². The summed E-state index contributed by atoms with van der Waals surface area (Å²) >= 11 is 0. The zero-order valence-corrected chi connectivity index (χ0v) is 24.7.